The highest BCUT2D eigenvalue weighted by Crippen LogP contribution is 2.30. The lowest BCUT2D eigenvalue weighted by molar-refractivity contribution is 0.0642. The number of imide groups is 1. The topological polar surface area (TPSA) is 63.4 Å². The van der Waals surface area contributed by atoms with E-state index in [2.05, 4.69) is 15.9 Å². The van der Waals surface area contributed by atoms with Gasteiger partial charge in [0.25, 0.3) is 11.8 Å². The monoisotopic (exact) mass is 348 g/mol. The molecule has 4 nitrogen and oxygen atoms in total. The summed E-state index contributed by atoms with van der Waals surface area (Å²) in [6.45, 7) is 0.0622. The number of fused-ring (bicyclic) bond motifs is 1. The van der Waals surface area contributed by atoms with E-state index in [9.17, 15) is 14.0 Å². The van der Waals surface area contributed by atoms with E-state index in [1.807, 2.05) is 0 Å². The fourth-order valence-corrected chi connectivity index (χ4v) is 2.80. The molecule has 0 aliphatic carbocycles. The first-order valence-electron chi connectivity index (χ1n) is 6.17. The Morgan fingerprint density at radius 1 is 1.14 bits per heavy atom. The molecule has 0 saturated heterocycles. The number of anilines is 1. The predicted molar refractivity (Wildman–Crippen MR) is 79.2 cm³/mol. The summed E-state index contributed by atoms with van der Waals surface area (Å²) in [5.41, 5.74) is 7.24. The highest BCUT2D eigenvalue weighted by atomic mass is 79.9. The van der Waals surface area contributed by atoms with Crippen molar-refractivity contribution in [2.45, 2.75) is 6.54 Å². The Labute approximate surface area is 128 Å². The fraction of sp³-hybridized carbons (Fsp3) is 0.0667. The molecule has 3 rings (SSSR count). The molecule has 0 atom stereocenters. The highest BCUT2D eigenvalue weighted by Gasteiger charge is 2.37. The van der Waals surface area contributed by atoms with Crippen molar-refractivity contribution in [1.82, 2.24) is 4.90 Å². The molecule has 106 valence electrons. The van der Waals surface area contributed by atoms with Crippen molar-refractivity contribution < 1.29 is 14.0 Å². The van der Waals surface area contributed by atoms with Crippen LogP contribution in [-0.2, 0) is 6.54 Å². The van der Waals surface area contributed by atoms with Crippen LogP contribution in [0.15, 0.2) is 40.9 Å². The number of hydrogen-bond acceptors (Lipinski definition) is 3. The van der Waals surface area contributed by atoms with Crippen LogP contribution in [0.5, 0.6) is 0 Å². The molecule has 2 N–H and O–H groups in total. The largest absolute Gasteiger partial charge is 0.398 e. The first-order chi connectivity index (χ1) is 9.99. The first kappa shape index (κ1) is 13.8. The van der Waals surface area contributed by atoms with Crippen molar-refractivity contribution in [2.24, 2.45) is 0 Å². The Bertz CT molecular complexity index is 776. The van der Waals surface area contributed by atoms with Crippen LogP contribution in [0.25, 0.3) is 0 Å². The second-order valence-corrected chi connectivity index (χ2v) is 5.56. The molecule has 0 saturated carbocycles. The summed E-state index contributed by atoms with van der Waals surface area (Å²) >= 11 is 3.23. The molecule has 2 aromatic rings. The molecule has 1 heterocycles. The fourth-order valence-electron chi connectivity index (χ4n) is 2.32. The molecular weight excluding hydrogens is 339 g/mol. The molecule has 0 spiro atoms. The zero-order chi connectivity index (χ0) is 15.1. The second kappa shape index (κ2) is 4.96. The van der Waals surface area contributed by atoms with E-state index in [1.54, 1.807) is 18.2 Å². The summed E-state index contributed by atoms with van der Waals surface area (Å²) in [5, 5.41) is 0. The lowest BCUT2D eigenvalue weighted by Crippen LogP contribution is -2.29. The summed E-state index contributed by atoms with van der Waals surface area (Å²) in [5.74, 6) is -1.21. The highest BCUT2D eigenvalue weighted by molar-refractivity contribution is 9.10. The Kier molecular flexibility index (Phi) is 3.25. The van der Waals surface area contributed by atoms with Gasteiger partial charge in [0.2, 0.25) is 0 Å². The van der Waals surface area contributed by atoms with Crippen LogP contribution in [0.4, 0.5) is 10.1 Å². The van der Waals surface area contributed by atoms with Crippen molar-refractivity contribution in [1.29, 1.82) is 0 Å². The number of hydrogen-bond donors (Lipinski definition) is 1. The van der Waals surface area contributed by atoms with Gasteiger partial charge in [-0.3, -0.25) is 14.5 Å². The predicted octanol–water partition coefficient (Wildman–Crippen LogP) is 2.97. The van der Waals surface area contributed by atoms with Crippen LogP contribution in [0.3, 0.4) is 0 Å². The van der Waals surface area contributed by atoms with E-state index in [-0.39, 0.29) is 17.8 Å². The van der Waals surface area contributed by atoms with Crippen LogP contribution in [0.1, 0.15) is 26.3 Å². The molecule has 21 heavy (non-hydrogen) atoms. The molecule has 0 unspecified atom stereocenters. The van der Waals surface area contributed by atoms with Gasteiger partial charge in [0.15, 0.2) is 0 Å². The second-order valence-electron chi connectivity index (χ2n) is 4.70. The number of nitrogen functional groups attached to an aromatic ring is 1. The van der Waals surface area contributed by atoms with E-state index in [0.29, 0.717) is 15.6 Å². The van der Waals surface area contributed by atoms with Gasteiger partial charge in [0.1, 0.15) is 5.82 Å². The molecule has 0 radical (unpaired) electrons. The molecule has 2 aromatic carbocycles. The van der Waals surface area contributed by atoms with Gasteiger partial charge in [0, 0.05) is 10.2 Å². The smallest absolute Gasteiger partial charge is 0.263 e. The van der Waals surface area contributed by atoms with Crippen molar-refractivity contribution in [2.75, 3.05) is 5.73 Å². The minimum Gasteiger partial charge on any atom is -0.398 e. The third-order valence-corrected chi connectivity index (χ3v) is 4.11. The van der Waals surface area contributed by atoms with Gasteiger partial charge in [-0.2, -0.15) is 0 Å². The minimum absolute atomic E-state index is 0.0622. The van der Waals surface area contributed by atoms with E-state index >= 15 is 0 Å². The van der Waals surface area contributed by atoms with Gasteiger partial charge < -0.3 is 5.73 Å². The molecule has 6 heteroatoms. The van der Waals surface area contributed by atoms with E-state index in [1.165, 1.54) is 18.2 Å². The third-order valence-electron chi connectivity index (χ3n) is 3.37. The summed E-state index contributed by atoms with van der Waals surface area (Å²) in [6, 6.07) is 8.91. The van der Waals surface area contributed by atoms with Crippen molar-refractivity contribution in [3.63, 3.8) is 0 Å². The van der Waals surface area contributed by atoms with Gasteiger partial charge >= 0.3 is 0 Å². The quantitative estimate of drug-likeness (QED) is 0.670. The molecule has 0 bridgehead atoms. The van der Waals surface area contributed by atoms with Crippen LogP contribution in [0.2, 0.25) is 0 Å². The molecule has 0 aromatic heterocycles. The molecule has 2 amide bonds. The standard InChI is InChI=1S/C15H10BrFN2O2/c16-11-6-9(17)5-4-8(11)7-19-14(20)10-2-1-3-12(18)13(10)15(19)21/h1-6H,7,18H2. The molecule has 1 aliphatic heterocycles. The van der Waals surface area contributed by atoms with Gasteiger partial charge in [-0.1, -0.05) is 28.1 Å². The van der Waals surface area contributed by atoms with Gasteiger partial charge in [0.05, 0.1) is 17.7 Å². The molecular formula is C15H10BrFN2O2. The normalized spacial score (nSPS) is 13.7. The summed E-state index contributed by atoms with van der Waals surface area (Å²) in [4.78, 5) is 25.8. The maximum atomic E-state index is 13.1. The van der Waals surface area contributed by atoms with Crippen LogP contribution < -0.4 is 5.73 Å². The Morgan fingerprint density at radius 2 is 1.90 bits per heavy atom. The Hall–Kier alpha value is -2.21. The lowest BCUT2D eigenvalue weighted by Gasteiger charge is -2.15. The zero-order valence-corrected chi connectivity index (χ0v) is 12.4. The van der Waals surface area contributed by atoms with E-state index in [4.69, 9.17) is 5.73 Å². The zero-order valence-electron chi connectivity index (χ0n) is 10.8. The van der Waals surface area contributed by atoms with E-state index in [0.717, 1.165) is 4.90 Å². The number of halogens is 2. The SMILES string of the molecule is Nc1cccc2c1C(=O)N(Cc1ccc(F)cc1Br)C2=O. The number of rotatable bonds is 2. The van der Waals surface area contributed by atoms with Crippen LogP contribution in [-0.4, -0.2) is 16.7 Å². The number of nitrogens with two attached hydrogens (primary N) is 1. The number of carbonyl (C=O) groups is 2. The van der Waals surface area contributed by atoms with E-state index < -0.39 is 17.6 Å². The summed E-state index contributed by atoms with van der Waals surface area (Å²) < 4.78 is 13.6. The number of nitrogens with zero attached hydrogens (tertiary/aromatic N) is 1. The van der Waals surface area contributed by atoms with Crippen LogP contribution in [0, 0.1) is 5.82 Å². The average molecular weight is 349 g/mol. The Balaban J connectivity index is 1.97. The number of amides is 2. The van der Waals surface area contributed by atoms with Gasteiger partial charge in [-0.05, 0) is 29.8 Å². The summed E-state index contributed by atoms with van der Waals surface area (Å²) in [7, 11) is 0. The number of carbonyl (C=O) groups excluding carboxylic acids is 2. The molecule has 0 fully saturated rings. The maximum absolute atomic E-state index is 13.1. The average Bonchev–Trinajstić information content (AvgIpc) is 2.68. The van der Waals surface area contributed by atoms with Crippen molar-refractivity contribution in [3.8, 4) is 0 Å². The Morgan fingerprint density at radius 3 is 2.57 bits per heavy atom. The van der Waals surface area contributed by atoms with Crippen molar-refractivity contribution in [3.05, 3.63) is 63.4 Å². The lowest BCUT2D eigenvalue weighted by atomic mass is 10.1. The van der Waals surface area contributed by atoms with Crippen molar-refractivity contribution >= 4 is 33.4 Å². The van der Waals surface area contributed by atoms with Crippen LogP contribution >= 0.6 is 15.9 Å². The molecule has 1 aliphatic rings. The maximum Gasteiger partial charge on any atom is 0.263 e. The number of benzene rings is 2. The third kappa shape index (κ3) is 2.21. The minimum atomic E-state index is -0.427. The first-order valence-corrected chi connectivity index (χ1v) is 6.97. The summed E-state index contributed by atoms with van der Waals surface area (Å²) in [6.07, 6.45) is 0. The van der Waals surface area contributed by atoms with Gasteiger partial charge in [-0.15, -0.1) is 0 Å². The van der Waals surface area contributed by atoms with Gasteiger partial charge in [-0.25, -0.2) is 4.39 Å².